The molecule has 4 bridgehead atoms. The molecule has 0 spiro atoms. The quantitative estimate of drug-likeness (QED) is 0.249. The van der Waals surface area contributed by atoms with E-state index in [1.54, 1.807) is 51.4 Å². The van der Waals surface area contributed by atoms with Gasteiger partial charge in [0, 0.05) is 0 Å². The average molecular weight is 1340 g/mol. The molecular weight excluding hydrogens is 1150 g/mol. The Morgan fingerprint density at radius 2 is 0.802 bits per heavy atom. The van der Waals surface area contributed by atoms with Crippen LogP contribution < -0.4 is 0 Å². The molecule has 0 heteroatoms. The van der Waals surface area contributed by atoms with Crippen LogP contribution in [-0.4, -0.2) is 0 Å². The van der Waals surface area contributed by atoms with Crippen LogP contribution in [0.2, 0.25) is 0 Å². The molecule has 14 rings (SSSR count). The van der Waals surface area contributed by atoms with Crippen LogP contribution in [0.1, 0.15) is 487 Å². The first kappa shape index (κ1) is 90.2. The van der Waals surface area contributed by atoms with Crippen molar-refractivity contribution < 1.29 is 0 Å². The van der Waals surface area contributed by atoms with E-state index in [1.165, 1.54) is 276 Å². The Morgan fingerprint density at radius 1 is 0.333 bits per heavy atom. The normalized spacial score (nSPS) is 35.0. The number of hydrogen-bond acceptors (Lipinski definition) is 0. The van der Waals surface area contributed by atoms with Gasteiger partial charge in [-0.15, -0.1) is 0 Å². The second-order valence-electron chi connectivity index (χ2n) is 41.5. The molecule has 572 valence electrons. The van der Waals surface area contributed by atoms with Crippen molar-refractivity contribution in [2.24, 2.45) is 128 Å². The lowest BCUT2D eigenvalue weighted by atomic mass is 9.78. The highest BCUT2D eigenvalue weighted by Crippen LogP contribution is 2.50. The fourth-order valence-electron chi connectivity index (χ4n) is 21.4. The van der Waals surface area contributed by atoms with E-state index in [4.69, 9.17) is 0 Å². The van der Waals surface area contributed by atoms with Gasteiger partial charge in [-0.3, -0.25) is 0 Å². The summed E-state index contributed by atoms with van der Waals surface area (Å²) in [4.78, 5) is 0. The van der Waals surface area contributed by atoms with E-state index in [-0.39, 0.29) is 0 Å². The molecule has 0 aliphatic heterocycles. The summed E-state index contributed by atoms with van der Waals surface area (Å²) in [6.07, 6.45) is 75.5. The molecule has 0 nitrogen and oxygen atoms in total. The van der Waals surface area contributed by atoms with Gasteiger partial charge >= 0.3 is 0 Å². The van der Waals surface area contributed by atoms with Crippen LogP contribution in [0.5, 0.6) is 0 Å². The molecular formula is C96H188. The van der Waals surface area contributed by atoms with Gasteiger partial charge in [-0.1, -0.05) is 378 Å². The Labute approximate surface area is 610 Å². The van der Waals surface area contributed by atoms with Gasteiger partial charge < -0.3 is 0 Å². The summed E-state index contributed by atoms with van der Waals surface area (Å²) in [6.45, 7) is 54.5. The Kier molecular flexibility index (Phi) is 45.3. The maximum atomic E-state index is 2.44. The smallest absolute Gasteiger partial charge is 0.0328 e. The summed E-state index contributed by atoms with van der Waals surface area (Å²) in [7, 11) is 0. The molecule has 0 aromatic carbocycles. The Bertz CT molecular complexity index is 1720. The maximum absolute atomic E-state index is 2.44. The van der Waals surface area contributed by atoms with Crippen LogP contribution in [0.4, 0.5) is 0 Å². The van der Waals surface area contributed by atoms with Crippen molar-refractivity contribution in [3.8, 4) is 0 Å². The summed E-state index contributed by atoms with van der Waals surface area (Å²) < 4.78 is 0. The Balaban J connectivity index is 0.000000273. The Morgan fingerprint density at radius 3 is 1.02 bits per heavy atom. The predicted molar refractivity (Wildman–Crippen MR) is 437 cm³/mol. The summed E-state index contributed by atoms with van der Waals surface area (Å²) >= 11 is 0. The topological polar surface area (TPSA) is 0 Å². The van der Waals surface area contributed by atoms with Crippen molar-refractivity contribution in [1.82, 2.24) is 0 Å². The van der Waals surface area contributed by atoms with Crippen LogP contribution in [0.25, 0.3) is 0 Å². The van der Waals surface area contributed by atoms with Crippen LogP contribution >= 0.6 is 0 Å². The first-order valence-electron chi connectivity index (χ1n) is 45.4. The molecule has 0 amide bonds. The fraction of sp³-hybridized carbons (Fsp3) is 1.00. The molecule has 0 heterocycles. The molecule has 9 atom stereocenters. The zero-order valence-electron chi connectivity index (χ0n) is 71.4. The van der Waals surface area contributed by atoms with Gasteiger partial charge in [-0.05, 0) is 237 Å². The molecule has 0 N–H and O–H groups in total. The molecule has 0 saturated heterocycles. The summed E-state index contributed by atoms with van der Waals surface area (Å²) in [5.74, 6) is 18.0. The van der Waals surface area contributed by atoms with Gasteiger partial charge in [0.1, 0.15) is 0 Å². The van der Waals surface area contributed by atoms with Gasteiger partial charge in [0.2, 0.25) is 0 Å². The van der Waals surface area contributed by atoms with Gasteiger partial charge in [-0.2, -0.15) is 0 Å². The molecule has 5 unspecified atom stereocenters. The van der Waals surface area contributed by atoms with Gasteiger partial charge in [-0.25, -0.2) is 0 Å². The minimum absolute atomic E-state index is 0.653. The van der Waals surface area contributed by atoms with E-state index in [0.717, 1.165) is 111 Å². The number of hydrogen-bond donors (Lipinski definition) is 0. The van der Waals surface area contributed by atoms with Crippen molar-refractivity contribution in [2.45, 2.75) is 487 Å². The summed E-state index contributed by atoms with van der Waals surface area (Å²) in [5, 5.41) is 0. The molecule has 14 aliphatic rings. The number of rotatable bonds is 6. The monoisotopic (exact) mass is 1340 g/mol. The minimum atomic E-state index is 0.653. The lowest BCUT2D eigenvalue weighted by Gasteiger charge is -2.28. The zero-order valence-corrected chi connectivity index (χ0v) is 71.4. The zero-order chi connectivity index (χ0) is 71.4. The third-order valence-electron chi connectivity index (χ3n) is 30.5. The molecule has 14 saturated carbocycles. The van der Waals surface area contributed by atoms with Crippen LogP contribution in [0.15, 0.2) is 0 Å². The van der Waals surface area contributed by atoms with Gasteiger partial charge in [0.05, 0.1) is 0 Å². The Hall–Kier alpha value is 0. The highest BCUT2D eigenvalue weighted by Gasteiger charge is 2.39. The molecule has 0 aromatic heterocycles. The first-order valence-corrected chi connectivity index (χ1v) is 45.4. The van der Waals surface area contributed by atoms with Crippen molar-refractivity contribution in [3.05, 3.63) is 0 Å². The van der Waals surface area contributed by atoms with E-state index in [9.17, 15) is 0 Å². The third kappa shape index (κ3) is 38.1. The summed E-state index contributed by atoms with van der Waals surface area (Å²) in [5.41, 5.74) is 3.47. The molecule has 0 radical (unpaired) electrons. The van der Waals surface area contributed by atoms with Crippen molar-refractivity contribution in [1.29, 1.82) is 0 Å². The maximum Gasteiger partial charge on any atom is -0.0328 e. The van der Waals surface area contributed by atoms with Crippen LogP contribution in [0, 0.1) is 128 Å². The molecule has 14 fully saturated rings. The first-order chi connectivity index (χ1) is 45.4. The van der Waals surface area contributed by atoms with Gasteiger partial charge in [0.15, 0.2) is 0 Å². The van der Waals surface area contributed by atoms with E-state index in [1.807, 2.05) is 0 Å². The van der Waals surface area contributed by atoms with Crippen molar-refractivity contribution in [2.75, 3.05) is 0 Å². The second kappa shape index (κ2) is 48.2. The lowest BCUT2D eigenvalue weighted by molar-refractivity contribution is 0.244. The van der Waals surface area contributed by atoms with Crippen LogP contribution in [0.3, 0.4) is 0 Å². The highest BCUT2D eigenvalue weighted by molar-refractivity contribution is 4.90. The van der Waals surface area contributed by atoms with E-state index in [0.29, 0.717) is 16.2 Å². The molecule has 14 aliphatic carbocycles. The van der Waals surface area contributed by atoms with Crippen LogP contribution in [-0.2, 0) is 0 Å². The van der Waals surface area contributed by atoms with E-state index >= 15 is 0 Å². The second-order valence-corrected chi connectivity index (χ2v) is 41.5. The van der Waals surface area contributed by atoms with E-state index in [2.05, 4.69) is 159 Å². The molecule has 0 aromatic rings. The number of fused-ring (bicyclic) bond motifs is 4. The van der Waals surface area contributed by atoms with Gasteiger partial charge in [0.25, 0.3) is 0 Å². The van der Waals surface area contributed by atoms with Crippen molar-refractivity contribution >= 4 is 0 Å². The summed E-state index contributed by atoms with van der Waals surface area (Å²) in [6, 6.07) is 0. The SMILES string of the molecule is CC(C)C1CCCC1.CC1(C)CCCCC1.CC1C2CCC1CC2.CC1CCC(C)CC1.CC1CCC[C@@H](C)C1.CCC1(C)CCCC1.CCC1(C)CCCC1.CCC1CCCC1C.CCCC1CCCC1.C[C@H]1CC2CCC1C2.C[C@H]1CCC(C)(C)C1.C[C@H]1CCCC1(C)C. The average Bonchev–Trinajstić information content (AvgIpc) is 3.01. The lowest BCUT2D eigenvalue weighted by Crippen LogP contribution is -2.14. The highest BCUT2D eigenvalue weighted by atomic mass is 14.4. The minimum Gasteiger partial charge on any atom is -0.0654 e. The predicted octanol–water partition coefficient (Wildman–Crippen LogP) is 33.8. The van der Waals surface area contributed by atoms with E-state index < -0.39 is 0 Å². The van der Waals surface area contributed by atoms with Crippen molar-refractivity contribution in [3.63, 3.8) is 0 Å². The third-order valence-corrected chi connectivity index (χ3v) is 30.5. The molecule has 96 heavy (non-hydrogen) atoms. The largest absolute Gasteiger partial charge is 0.0654 e. The fourth-order valence-corrected chi connectivity index (χ4v) is 21.4. The standard InChI is InChI=1S/2C8H14.10C8H16/c1-6-4-7-2-3-8(6)5-7;1-6-7-2-3-8(6)5-4-7;1-7-4-5-8(2,3)6-7;1-7-5-4-6-8(7,2)3;1-7-3-5-8(2)6-4-7;1-7-4-3-5-8(2)6-7;1-8(2)6-4-3-5-7-8;1-7(2)8-5-3-4-6-8;2*1-3-8(2)6-4-5-7-8;1-3-8-6-4-5-7(8)2;1-2-5-8-6-3-4-7-8/h2*6-8H,2-5H2,1H3;2*7H,4-6H2,1-3H3;2*7-8H,3-6H2,1-2H3;3-7H2,1-2H3;7-8H,3-6H2,1-2H3;2*3-7H2,1-2H3;7-8H,3-6H2,1-2H3;8H,2-7H2,1H3/t6-,7?,8?;;2*7-;;7-,8?;;;;;;/m0.00.1....../s1.